The van der Waals surface area contributed by atoms with E-state index >= 15 is 0 Å². The fraction of sp³-hybridized carbons (Fsp3) is 0.471. The smallest absolute Gasteiger partial charge is 0.330 e. The van der Waals surface area contributed by atoms with Gasteiger partial charge in [-0.1, -0.05) is 0 Å². The zero-order chi connectivity index (χ0) is 21.7. The van der Waals surface area contributed by atoms with Gasteiger partial charge in [0.15, 0.2) is 18.4 Å². The average Bonchev–Trinajstić information content (AvgIpc) is 2.92. The quantitative estimate of drug-likeness (QED) is 0.342. The Hall–Kier alpha value is -2.91. The number of esters is 3. The van der Waals surface area contributed by atoms with Crippen molar-refractivity contribution in [3.63, 3.8) is 0 Å². The lowest BCUT2D eigenvalue weighted by Gasteiger charge is -2.23. The van der Waals surface area contributed by atoms with Crippen LogP contribution in [0.5, 0.6) is 0 Å². The Bertz CT molecular complexity index is 987. The lowest BCUT2D eigenvalue weighted by Crippen LogP contribution is -2.42. The van der Waals surface area contributed by atoms with E-state index in [0.29, 0.717) is 0 Å². The van der Waals surface area contributed by atoms with Gasteiger partial charge < -0.3 is 18.9 Å². The van der Waals surface area contributed by atoms with Gasteiger partial charge in [-0.3, -0.25) is 28.7 Å². The van der Waals surface area contributed by atoms with Crippen molar-refractivity contribution >= 4 is 33.8 Å². The van der Waals surface area contributed by atoms with Crippen LogP contribution in [0.4, 0.5) is 0 Å². The fourth-order valence-corrected chi connectivity index (χ4v) is 2.94. The summed E-state index contributed by atoms with van der Waals surface area (Å²) in [5.41, 5.74) is -1.67. The summed E-state index contributed by atoms with van der Waals surface area (Å²) in [5, 5.41) is 0. The van der Waals surface area contributed by atoms with Crippen LogP contribution >= 0.6 is 15.9 Å². The highest BCUT2D eigenvalue weighted by molar-refractivity contribution is 9.12. The van der Waals surface area contributed by atoms with Gasteiger partial charge in [0.05, 0.1) is 0 Å². The van der Waals surface area contributed by atoms with Gasteiger partial charge in [-0.15, -0.1) is 0 Å². The minimum Gasteiger partial charge on any atom is -0.463 e. The Balaban J connectivity index is 2.53. The van der Waals surface area contributed by atoms with Crippen molar-refractivity contribution in [3.8, 4) is 10.8 Å². The molecular weight excluding hydrogens is 456 g/mol. The third kappa shape index (κ3) is 5.55. The number of hydrogen-bond donors (Lipinski definition) is 1. The van der Waals surface area contributed by atoms with Crippen LogP contribution in [0.25, 0.3) is 0 Å². The zero-order valence-electron chi connectivity index (χ0n) is 15.6. The van der Waals surface area contributed by atoms with Crippen molar-refractivity contribution in [2.75, 3.05) is 6.61 Å². The molecule has 29 heavy (non-hydrogen) atoms. The predicted octanol–water partition coefficient (Wildman–Crippen LogP) is -0.436. The van der Waals surface area contributed by atoms with Gasteiger partial charge in [-0.05, 0) is 10.8 Å². The summed E-state index contributed by atoms with van der Waals surface area (Å²) in [5.74, 6) is 0.416. The Morgan fingerprint density at radius 3 is 2.31 bits per heavy atom. The Kier molecular flexibility index (Phi) is 7.35. The van der Waals surface area contributed by atoms with Crippen molar-refractivity contribution < 1.29 is 33.3 Å². The van der Waals surface area contributed by atoms with Gasteiger partial charge in [0.25, 0.3) is 5.56 Å². The highest BCUT2D eigenvalue weighted by atomic mass is 79.9. The van der Waals surface area contributed by atoms with E-state index in [1.165, 1.54) is 6.92 Å². The molecule has 1 aromatic heterocycles. The van der Waals surface area contributed by atoms with E-state index < -0.39 is 53.7 Å². The molecule has 4 atom stereocenters. The van der Waals surface area contributed by atoms with Crippen LogP contribution < -0.4 is 11.2 Å². The minimum absolute atomic E-state index is 0.0703. The molecule has 0 saturated carbocycles. The standard InChI is InChI=1S/C17H17BrN2O9/c1-8(21)26-7-12-13(27-9(2)22)14(28-10(3)23)16(29-12)20-6-11(4-5-18)15(24)19-17(20)25/h6,12-14,16H,7H2,1-3H3,(H,19,24,25)/t12-,13?,14?,16-/m0/s1. The number of H-pyrrole nitrogens is 1. The maximum Gasteiger partial charge on any atom is 0.330 e. The highest BCUT2D eigenvalue weighted by Crippen LogP contribution is 2.33. The van der Waals surface area contributed by atoms with Crippen LogP contribution in [-0.4, -0.2) is 52.4 Å². The third-order valence-corrected chi connectivity index (χ3v) is 3.96. The van der Waals surface area contributed by atoms with Crippen LogP contribution in [0.15, 0.2) is 15.8 Å². The second-order valence-electron chi connectivity index (χ2n) is 5.94. The summed E-state index contributed by atoms with van der Waals surface area (Å²) in [4.78, 5) is 63.0. The van der Waals surface area contributed by atoms with Gasteiger partial charge in [0, 0.05) is 42.9 Å². The molecule has 0 aliphatic carbocycles. The monoisotopic (exact) mass is 472 g/mol. The van der Waals surface area contributed by atoms with Crippen LogP contribution in [-0.2, 0) is 33.3 Å². The van der Waals surface area contributed by atoms with E-state index in [1.807, 2.05) is 0 Å². The first-order valence-corrected chi connectivity index (χ1v) is 9.03. The number of ether oxygens (including phenoxy) is 4. The number of rotatable bonds is 5. The number of halogens is 1. The first-order valence-electron chi connectivity index (χ1n) is 8.24. The Labute approximate surface area is 172 Å². The van der Waals surface area contributed by atoms with Gasteiger partial charge >= 0.3 is 23.6 Å². The third-order valence-electron chi connectivity index (χ3n) is 3.76. The van der Waals surface area contributed by atoms with Crippen molar-refractivity contribution in [1.29, 1.82) is 0 Å². The van der Waals surface area contributed by atoms with Crippen LogP contribution in [0.2, 0.25) is 0 Å². The molecule has 156 valence electrons. The highest BCUT2D eigenvalue weighted by Gasteiger charge is 2.51. The van der Waals surface area contributed by atoms with Crippen molar-refractivity contribution in [1.82, 2.24) is 9.55 Å². The van der Waals surface area contributed by atoms with E-state index in [1.54, 1.807) is 0 Å². The number of aromatic amines is 1. The van der Waals surface area contributed by atoms with E-state index in [0.717, 1.165) is 24.6 Å². The van der Waals surface area contributed by atoms with Crippen LogP contribution in [0.3, 0.4) is 0 Å². The second kappa shape index (κ2) is 9.53. The molecule has 2 rings (SSSR count). The van der Waals surface area contributed by atoms with E-state index in [2.05, 4.69) is 31.7 Å². The number of nitrogens with one attached hydrogen (secondary N) is 1. The molecule has 1 aliphatic rings. The molecule has 1 saturated heterocycles. The molecule has 0 bridgehead atoms. The molecule has 11 nitrogen and oxygen atoms in total. The summed E-state index contributed by atoms with van der Waals surface area (Å²) in [6, 6.07) is 0. The topological polar surface area (TPSA) is 143 Å². The molecule has 0 amide bonds. The number of carbonyl (C=O) groups is 3. The average molecular weight is 473 g/mol. The van der Waals surface area contributed by atoms with Crippen molar-refractivity contribution in [2.45, 2.75) is 45.3 Å². The molecule has 1 N–H and O–H groups in total. The fourth-order valence-electron chi connectivity index (χ4n) is 2.73. The minimum atomic E-state index is -1.29. The van der Waals surface area contributed by atoms with E-state index in [4.69, 9.17) is 18.9 Å². The maximum atomic E-state index is 12.4. The van der Waals surface area contributed by atoms with Crippen LogP contribution in [0, 0.1) is 10.8 Å². The SMILES string of the molecule is CC(=O)OC[C@@H]1O[C@H](n2cc(C#CBr)c(=O)[nH]c2=O)C(OC(C)=O)C1OC(C)=O. The Morgan fingerprint density at radius 2 is 1.76 bits per heavy atom. The lowest BCUT2D eigenvalue weighted by molar-refractivity contribution is -0.166. The summed E-state index contributed by atoms with van der Waals surface area (Å²) in [6.07, 6.45) is -3.64. The summed E-state index contributed by atoms with van der Waals surface area (Å²) >= 11 is 2.86. The molecule has 1 fully saturated rings. The van der Waals surface area contributed by atoms with Crippen molar-refractivity contribution in [2.24, 2.45) is 0 Å². The summed E-state index contributed by atoms with van der Waals surface area (Å²) in [7, 11) is 0. The molecule has 0 aromatic carbocycles. The predicted molar refractivity (Wildman–Crippen MR) is 98.8 cm³/mol. The van der Waals surface area contributed by atoms with Crippen molar-refractivity contribution in [3.05, 3.63) is 32.6 Å². The number of carbonyl (C=O) groups excluding carboxylic acids is 3. The normalized spacial score (nSPS) is 22.9. The van der Waals surface area contributed by atoms with Gasteiger partial charge in [-0.2, -0.15) is 0 Å². The van der Waals surface area contributed by atoms with Gasteiger partial charge in [0.1, 0.15) is 18.3 Å². The molecule has 2 unspecified atom stereocenters. The van der Waals surface area contributed by atoms with Crippen LogP contribution in [0.1, 0.15) is 32.6 Å². The molecule has 12 heteroatoms. The number of aromatic nitrogens is 2. The first-order chi connectivity index (χ1) is 13.6. The molecule has 0 radical (unpaired) electrons. The largest absolute Gasteiger partial charge is 0.463 e. The molecule has 0 spiro atoms. The summed E-state index contributed by atoms with van der Waals surface area (Å²) in [6.45, 7) is 3.11. The summed E-state index contributed by atoms with van der Waals surface area (Å²) < 4.78 is 22.0. The number of nitrogens with zero attached hydrogens (tertiary/aromatic N) is 1. The van der Waals surface area contributed by atoms with Gasteiger partial charge in [-0.25, -0.2) is 4.79 Å². The van der Waals surface area contributed by atoms with Gasteiger partial charge in [0.2, 0.25) is 0 Å². The molecule has 1 aromatic rings. The zero-order valence-corrected chi connectivity index (χ0v) is 17.2. The number of hydrogen-bond acceptors (Lipinski definition) is 9. The second-order valence-corrected chi connectivity index (χ2v) is 6.34. The molecule has 2 heterocycles. The Morgan fingerprint density at radius 1 is 1.14 bits per heavy atom. The molecule has 1 aliphatic heterocycles. The first kappa shape index (κ1) is 22.4. The van der Waals surface area contributed by atoms with E-state index in [-0.39, 0.29) is 12.2 Å². The molecular formula is C17H17BrN2O9. The lowest BCUT2D eigenvalue weighted by atomic mass is 10.1. The maximum absolute atomic E-state index is 12.4. The van der Waals surface area contributed by atoms with E-state index in [9.17, 15) is 24.0 Å².